The minimum absolute atomic E-state index is 0.0519. The van der Waals surface area contributed by atoms with Crippen molar-refractivity contribution in [2.45, 2.75) is 20.8 Å². The molecule has 1 amide bonds. The molecule has 0 aliphatic heterocycles. The van der Waals surface area contributed by atoms with Crippen LogP contribution in [0.4, 0.5) is 0 Å². The first-order chi connectivity index (χ1) is 7.70. The lowest BCUT2D eigenvalue weighted by Gasteiger charge is -2.26. The number of rotatable bonds is 2. The fraction of sp³-hybridized carbons (Fsp3) is 0.500. The van der Waals surface area contributed by atoms with Gasteiger partial charge in [0.2, 0.25) is 0 Å². The fourth-order valence-corrected chi connectivity index (χ4v) is 2.08. The zero-order valence-electron chi connectivity index (χ0n) is 10.4. The van der Waals surface area contributed by atoms with Crippen LogP contribution in [0, 0.1) is 5.41 Å². The topological polar surface area (TPSA) is 33.2 Å². The molecule has 17 heavy (non-hydrogen) atoms. The lowest BCUT2D eigenvalue weighted by Crippen LogP contribution is -2.34. The Kier molecular flexibility index (Phi) is 4.55. The number of hydrogen-bond donors (Lipinski definition) is 0. The van der Waals surface area contributed by atoms with Crippen LogP contribution >= 0.6 is 27.5 Å². The van der Waals surface area contributed by atoms with Crippen molar-refractivity contribution in [1.82, 2.24) is 9.88 Å². The molecule has 0 saturated carbocycles. The fourth-order valence-electron chi connectivity index (χ4n) is 1.56. The number of pyridine rings is 1. The van der Waals surface area contributed by atoms with Gasteiger partial charge in [0.15, 0.2) is 0 Å². The van der Waals surface area contributed by atoms with Crippen molar-refractivity contribution >= 4 is 33.4 Å². The lowest BCUT2D eigenvalue weighted by molar-refractivity contribution is 0.0745. The summed E-state index contributed by atoms with van der Waals surface area (Å²) in [5.41, 5.74) is 0.476. The number of aromatic nitrogens is 1. The summed E-state index contributed by atoms with van der Waals surface area (Å²) < 4.78 is 0.745. The minimum Gasteiger partial charge on any atom is -0.341 e. The Labute approximate surface area is 115 Å². The van der Waals surface area contributed by atoms with E-state index in [1.54, 1.807) is 24.2 Å². The van der Waals surface area contributed by atoms with Gasteiger partial charge in [0.05, 0.1) is 5.56 Å². The van der Waals surface area contributed by atoms with Gasteiger partial charge in [-0.2, -0.15) is 0 Å². The summed E-state index contributed by atoms with van der Waals surface area (Å²) >= 11 is 9.21. The highest BCUT2D eigenvalue weighted by molar-refractivity contribution is 9.10. The molecule has 5 heteroatoms. The predicted molar refractivity (Wildman–Crippen MR) is 73.4 cm³/mol. The average Bonchev–Trinajstić information content (AvgIpc) is 2.18. The smallest absolute Gasteiger partial charge is 0.256 e. The zero-order valence-corrected chi connectivity index (χ0v) is 12.8. The molecule has 1 aromatic heterocycles. The third-order valence-electron chi connectivity index (χ3n) is 2.09. The van der Waals surface area contributed by atoms with Gasteiger partial charge in [0.25, 0.3) is 5.91 Å². The van der Waals surface area contributed by atoms with E-state index in [0.29, 0.717) is 12.1 Å². The second kappa shape index (κ2) is 5.36. The van der Waals surface area contributed by atoms with E-state index in [0.717, 1.165) is 4.47 Å². The number of amides is 1. The minimum atomic E-state index is -0.112. The summed E-state index contributed by atoms with van der Waals surface area (Å²) in [5.74, 6) is -0.112. The molecule has 0 bridgehead atoms. The van der Waals surface area contributed by atoms with Crippen molar-refractivity contribution in [2.75, 3.05) is 13.6 Å². The van der Waals surface area contributed by atoms with Gasteiger partial charge >= 0.3 is 0 Å². The van der Waals surface area contributed by atoms with Crippen LogP contribution in [-0.4, -0.2) is 29.4 Å². The van der Waals surface area contributed by atoms with Crippen molar-refractivity contribution in [1.29, 1.82) is 0 Å². The summed E-state index contributed by atoms with van der Waals surface area (Å²) in [6, 6.07) is 1.69. The van der Waals surface area contributed by atoms with Gasteiger partial charge in [-0.05, 0) is 27.4 Å². The first kappa shape index (κ1) is 14.5. The van der Waals surface area contributed by atoms with Gasteiger partial charge in [0.1, 0.15) is 5.15 Å². The summed E-state index contributed by atoms with van der Waals surface area (Å²) in [4.78, 5) is 17.8. The Balaban J connectivity index is 2.93. The number of halogens is 2. The number of nitrogens with zero attached hydrogens (tertiary/aromatic N) is 2. The normalized spacial score (nSPS) is 11.4. The summed E-state index contributed by atoms with van der Waals surface area (Å²) in [6.07, 6.45) is 1.57. The maximum atomic E-state index is 12.2. The summed E-state index contributed by atoms with van der Waals surface area (Å²) in [5, 5.41) is 0.235. The molecule has 3 nitrogen and oxygen atoms in total. The van der Waals surface area contributed by atoms with Gasteiger partial charge in [-0.15, -0.1) is 0 Å². The van der Waals surface area contributed by atoms with Crippen LogP contribution in [0.5, 0.6) is 0 Å². The van der Waals surface area contributed by atoms with E-state index < -0.39 is 0 Å². The van der Waals surface area contributed by atoms with Gasteiger partial charge in [-0.1, -0.05) is 32.4 Å². The van der Waals surface area contributed by atoms with Crippen molar-refractivity contribution in [3.8, 4) is 0 Å². The van der Waals surface area contributed by atoms with Crippen molar-refractivity contribution in [3.63, 3.8) is 0 Å². The third kappa shape index (κ3) is 4.28. The van der Waals surface area contributed by atoms with E-state index in [-0.39, 0.29) is 16.5 Å². The van der Waals surface area contributed by atoms with Crippen molar-refractivity contribution in [3.05, 3.63) is 27.5 Å². The lowest BCUT2D eigenvalue weighted by atomic mass is 9.96. The highest BCUT2D eigenvalue weighted by Crippen LogP contribution is 2.21. The van der Waals surface area contributed by atoms with Crippen molar-refractivity contribution in [2.24, 2.45) is 5.41 Å². The second-order valence-corrected chi connectivity index (χ2v) is 6.49. The maximum absolute atomic E-state index is 12.2. The molecule has 94 valence electrons. The van der Waals surface area contributed by atoms with Gasteiger partial charge in [0, 0.05) is 24.3 Å². The molecule has 0 fully saturated rings. The monoisotopic (exact) mass is 318 g/mol. The van der Waals surface area contributed by atoms with Crippen molar-refractivity contribution < 1.29 is 4.79 Å². The van der Waals surface area contributed by atoms with E-state index in [1.165, 1.54) is 0 Å². The Morgan fingerprint density at radius 1 is 1.53 bits per heavy atom. The first-order valence-corrected chi connectivity index (χ1v) is 6.44. The molecule has 1 rings (SSSR count). The molecule has 0 aromatic carbocycles. The highest BCUT2D eigenvalue weighted by atomic mass is 79.9. The first-order valence-electron chi connectivity index (χ1n) is 5.27. The summed E-state index contributed by atoms with van der Waals surface area (Å²) in [6.45, 7) is 6.90. The maximum Gasteiger partial charge on any atom is 0.256 e. The van der Waals surface area contributed by atoms with Gasteiger partial charge in [-0.3, -0.25) is 4.79 Å². The molecule has 0 atom stereocenters. The zero-order chi connectivity index (χ0) is 13.2. The molecule has 0 unspecified atom stereocenters. The van der Waals surface area contributed by atoms with Crippen LogP contribution in [0.2, 0.25) is 5.15 Å². The molecule has 0 aliphatic carbocycles. The Morgan fingerprint density at radius 3 is 2.65 bits per heavy atom. The quantitative estimate of drug-likeness (QED) is 0.780. The van der Waals surface area contributed by atoms with Crippen LogP contribution in [-0.2, 0) is 0 Å². The molecule has 0 N–H and O–H groups in total. The van der Waals surface area contributed by atoms with Gasteiger partial charge < -0.3 is 4.90 Å². The van der Waals surface area contributed by atoms with E-state index >= 15 is 0 Å². The molecular weight excluding hydrogens is 304 g/mol. The van der Waals surface area contributed by atoms with E-state index in [9.17, 15) is 4.79 Å². The van der Waals surface area contributed by atoms with Crippen LogP contribution in [0.25, 0.3) is 0 Å². The molecular formula is C12H16BrClN2O. The molecule has 0 radical (unpaired) electrons. The SMILES string of the molecule is CN(CC(C)(C)C)C(=O)c1cc(Br)cnc1Cl. The largest absolute Gasteiger partial charge is 0.341 e. The second-order valence-electron chi connectivity index (χ2n) is 5.21. The standard InChI is InChI=1S/C12H16BrClN2O/c1-12(2,3)7-16(4)11(17)9-5-8(13)6-15-10(9)14/h5-6H,7H2,1-4H3. The summed E-state index contributed by atoms with van der Waals surface area (Å²) in [7, 11) is 1.77. The van der Waals surface area contributed by atoms with Crippen LogP contribution in [0.3, 0.4) is 0 Å². The number of carbonyl (C=O) groups excluding carboxylic acids is 1. The number of hydrogen-bond acceptors (Lipinski definition) is 2. The Morgan fingerprint density at radius 2 is 2.12 bits per heavy atom. The van der Waals surface area contributed by atoms with Crippen LogP contribution < -0.4 is 0 Å². The van der Waals surface area contributed by atoms with Crippen LogP contribution in [0.15, 0.2) is 16.7 Å². The third-order valence-corrected chi connectivity index (χ3v) is 2.83. The Hall–Kier alpha value is -0.610. The van der Waals surface area contributed by atoms with Crippen LogP contribution in [0.1, 0.15) is 31.1 Å². The van der Waals surface area contributed by atoms with Gasteiger partial charge in [-0.25, -0.2) is 4.98 Å². The molecule has 1 heterocycles. The molecule has 0 spiro atoms. The number of carbonyl (C=O) groups is 1. The highest BCUT2D eigenvalue weighted by Gasteiger charge is 2.21. The van der Waals surface area contributed by atoms with E-state index in [2.05, 4.69) is 41.7 Å². The molecule has 0 aliphatic rings. The Bertz CT molecular complexity index is 429. The average molecular weight is 320 g/mol. The van der Waals surface area contributed by atoms with E-state index in [1.807, 2.05) is 0 Å². The molecule has 0 saturated heterocycles. The van der Waals surface area contributed by atoms with E-state index in [4.69, 9.17) is 11.6 Å². The predicted octanol–water partition coefficient (Wildman–Crippen LogP) is 3.62. The molecule has 1 aromatic rings.